The number of fused-ring (bicyclic) bond motifs is 14. The van der Waals surface area contributed by atoms with E-state index in [-0.39, 0.29) is 44.5 Å². The van der Waals surface area contributed by atoms with Crippen LogP contribution in [0, 0.1) is 30.6 Å². The Bertz CT molecular complexity index is 2480. The molecule has 3 aromatic rings. The van der Waals surface area contributed by atoms with Crippen LogP contribution in [0.3, 0.4) is 0 Å². The number of amides is 1. The minimum Gasteiger partial charge on any atom is -0.507 e. The number of phenolic OH excluding ortho intramolecular Hbond substituents is 3. The van der Waals surface area contributed by atoms with Crippen molar-refractivity contribution in [3.8, 4) is 28.7 Å². The fraction of sp³-hybridized carbons (Fsp3) is 0.480. The van der Waals surface area contributed by atoms with Gasteiger partial charge in [0.1, 0.15) is 29.1 Å². The molecule has 9 atom stereocenters. The van der Waals surface area contributed by atoms with Crippen molar-refractivity contribution in [2.75, 3.05) is 45.7 Å². The number of anilines is 1. The highest BCUT2D eigenvalue weighted by Gasteiger charge is 2.50. The molecule has 1 fully saturated rings. The number of piperazine rings is 1. The van der Waals surface area contributed by atoms with Crippen LogP contribution in [0.25, 0.3) is 10.8 Å². The molecule has 0 unspecified atom stereocenters. The largest absolute Gasteiger partial charge is 0.507 e. The summed E-state index contributed by atoms with van der Waals surface area (Å²) in [6.45, 7) is 15.5. The van der Waals surface area contributed by atoms with Gasteiger partial charge in [0, 0.05) is 93.9 Å². The zero-order valence-corrected chi connectivity index (χ0v) is 39.8. The normalized spacial score (nSPS) is 27.8. The topological polar surface area (TPSA) is 229 Å². The number of aliphatic hydroxyl groups excluding tert-OH is 2. The number of carbonyl (C=O) groups is 3. The first-order valence-corrected chi connectivity index (χ1v) is 22.4. The van der Waals surface area contributed by atoms with E-state index in [1.807, 2.05) is 24.3 Å². The minimum atomic E-state index is -2.07. The van der Waals surface area contributed by atoms with Crippen LogP contribution in [0.1, 0.15) is 75.5 Å². The average Bonchev–Trinajstić information content (AvgIpc) is 3.57. The highest BCUT2D eigenvalue weighted by molar-refractivity contribution is 6.23. The van der Waals surface area contributed by atoms with Gasteiger partial charge in [-0.1, -0.05) is 58.1 Å². The Hall–Kier alpha value is -6.14. The number of aromatic hydroxyl groups is 3. The Labute approximate surface area is 390 Å². The van der Waals surface area contributed by atoms with E-state index >= 15 is 0 Å². The number of nitrogens with zero attached hydrogens (tertiary/aromatic N) is 3. The van der Waals surface area contributed by atoms with Gasteiger partial charge < -0.3 is 54.5 Å². The minimum absolute atomic E-state index is 0.0461. The molecule has 1 saturated heterocycles. The van der Waals surface area contributed by atoms with Crippen molar-refractivity contribution in [1.29, 1.82) is 0 Å². The second-order valence-electron chi connectivity index (χ2n) is 17.9. The number of nitrogens with one attached hydrogen (secondary N) is 1. The summed E-state index contributed by atoms with van der Waals surface area (Å²) in [5.74, 6) is -7.73. The molecule has 0 aromatic heterocycles. The van der Waals surface area contributed by atoms with Crippen LogP contribution in [0.15, 0.2) is 65.5 Å². The molecule has 67 heavy (non-hydrogen) atoms. The van der Waals surface area contributed by atoms with E-state index in [9.17, 15) is 39.9 Å². The van der Waals surface area contributed by atoms with Gasteiger partial charge in [0.2, 0.25) is 0 Å². The van der Waals surface area contributed by atoms with Crippen molar-refractivity contribution in [1.82, 2.24) is 9.91 Å². The highest BCUT2D eigenvalue weighted by Crippen LogP contribution is 2.55. The third kappa shape index (κ3) is 10.4. The molecule has 0 radical (unpaired) electrons. The van der Waals surface area contributed by atoms with Gasteiger partial charge in [0.15, 0.2) is 5.75 Å². The first-order chi connectivity index (χ1) is 31.7. The van der Waals surface area contributed by atoms with Gasteiger partial charge in [-0.2, -0.15) is 5.10 Å². The maximum atomic E-state index is 14.6. The summed E-state index contributed by atoms with van der Waals surface area (Å²) in [6.07, 6.45) is 4.82. The predicted molar refractivity (Wildman–Crippen MR) is 251 cm³/mol. The molecule has 5 bridgehead atoms. The maximum absolute atomic E-state index is 14.6. The number of hydrogen-bond donors (Lipinski definition) is 6. The van der Waals surface area contributed by atoms with Crippen LogP contribution < -0.4 is 14.8 Å². The van der Waals surface area contributed by atoms with Crippen LogP contribution in [-0.4, -0.2) is 130 Å². The van der Waals surface area contributed by atoms with Crippen LogP contribution in [-0.2, 0) is 30.3 Å². The number of rotatable bonds is 7. The second kappa shape index (κ2) is 20.8. The molecule has 0 spiro atoms. The molecule has 3 aromatic carbocycles. The second-order valence-corrected chi connectivity index (χ2v) is 17.9. The number of Topliss-reactive ketones (excluding diaryl/α,β-unsaturated/α-hetero) is 1. The summed E-state index contributed by atoms with van der Waals surface area (Å²) in [5.41, 5.74) is 0.674. The van der Waals surface area contributed by atoms with E-state index in [0.717, 1.165) is 11.3 Å². The Morgan fingerprint density at radius 3 is 2.30 bits per heavy atom. The van der Waals surface area contributed by atoms with Crippen molar-refractivity contribution in [3.05, 3.63) is 82.7 Å². The first-order valence-electron chi connectivity index (χ1n) is 22.4. The summed E-state index contributed by atoms with van der Waals surface area (Å²) < 4.78 is 29.1. The number of phenols is 3. The molecular weight excluding hydrogens is 865 g/mol. The Morgan fingerprint density at radius 1 is 0.940 bits per heavy atom. The lowest BCUT2D eigenvalue weighted by Crippen LogP contribution is -2.46. The number of ketones is 1. The number of ether oxygens (including phenoxy) is 5. The van der Waals surface area contributed by atoms with Crippen molar-refractivity contribution in [3.63, 3.8) is 0 Å². The third-order valence-corrected chi connectivity index (χ3v) is 13.3. The van der Waals surface area contributed by atoms with Crippen LogP contribution in [0.4, 0.5) is 5.69 Å². The van der Waals surface area contributed by atoms with Crippen LogP contribution in [0.2, 0.25) is 0 Å². The summed E-state index contributed by atoms with van der Waals surface area (Å²) in [5, 5.41) is 67.6. The highest BCUT2D eigenvalue weighted by atomic mass is 16.7. The van der Waals surface area contributed by atoms with Crippen LogP contribution >= 0.6 is 0 Å². The average molecular weight is 929 g/mol. The van der Waals surface area contributed by atoms with Gasteiger partial charge in [-0.15, -0.1) is 0 Å². The lowest BCUT2D eigenvalue weighted by Gasteiger charge is -2.38. The predicted octanol–water partition coefficient (Wildman–Crippen LogP) is 5.91. The molecule has 4 aliphatic heterocycles. The third-order valence-electron chi connectivity index (χ3n) is 13.3. The number of aliphatic hydroxyl groups is 2. The van der Waals surface area contributed by atoms with E-state index < -0.39 is 88.8 Å². The molecule has 4 heterocycles. The van der Waals surface area contributed by atoms with Gasteiger partial charge >= 0.3 is 11.8 Å². The fourth-order valence-corrected chi connectivity index (χ4v) is 9.05. The Morgan fingerprint density at radius 2 is 1.64 bits per heavy atom. The van der Waals surface area contributed by atoms with Gasteiger partial charge in [0.25, 0.3) is 11.7 Å². The SMILES string of the molecule is COc1cccc(CN2CCN(N=Cc3c4c(O)c5c(O)c(C)c6c(c5c3O)C(=O)[C@@](C)(OC=C[C@H](OC)[C@H](C)[C@H](OC(C)=O)[C@H](C)[C@H](O)[C@H](C)[C@H](O)[C@@H](C)C=CC=C(C)C(=O)N4)O6)CC2)c1. The number of carbonyl (C=O) groups excluding carboxylic acids is 3. The number of benzene rings is 3. The number of hydrazone groups is 1. The van der Waals surface area contributed by atoms with Crippen molar-refractivity contribution in [2.45, 2.75) is 92.1 Å². The summed E-state index contributed by atoms with van der Waals surface area (Å²) in [4.78, 5) is 43.2. The van der Waals surface area contributed by atoms with Crippen molar-refractivity contribution >= 4 is 40.3 Å². The summed E-state index contributed by atoms with van der Waals surface area (Å²) in [6, 6.07) is 7.85. The zero-order valence-electron chi connectivity index (χ0n) is 39.8. The number of hydrogen-bond acceptors (Lipinski definition) is 16. The lowest BCUT2D eigenvalue weighted by atomic mass is 9.78. The van der Waals surface area contributed by atoms with E-state index in [4.69, 9.17) is 23.7 Å². The molecule has 0 saturated carbocycles. The van der Waals surface area contributed by atoms with E-state index in [1.54, 1.807) is 52.0 Å². The number of methoxy groups -OCH3 is 2. The molecule has 1 amide bonds. The van der Waals surface area contributed by atoms with Crippen molar-refractivity contribution in [2.24, 2.45) is 28.8 Å². The molecule has 4 aliphatic rings. The number of esters is 1. The smallest absolute Gasteiger partial charge is 0.312 e. The van der Waals surface area contributed by atoms with Gasteiger partial charge in [0.05, 0.1) is 60.1 Å². The van der Waals surface area contributed by atoms with E-state index in [1.165, 1.54) is 59.4 Å². The first kappa shape index (κ1) is 50.3. The molecule has 7 rings (SSSR count). The molecule has 362 valence electrons. The van der Waals surface area contributed by atoms with E-state index in [0.29, 0.717) is 32.7 Å². The van der Waals surface area contributed by atoms with Gasteiger partial charge in [-0.3, -0.25) is 24.3 Å². The summed E-state index contributed by atoms with van der Waals surface area (Å²) >= 11 is 0. The lowest BCUT2D eigenvalue weighted by molar-refractivity contribution is -0.160. The molecule has 17 nitrogen and oxygen atoms in total. The molecule has 0 aliphatic carbocycles. The molecule has 17 heteroatoms. The summed E-state index contributed by atoms with van der Waals surface area (Å²) in [7, 11) is 3.06. The number of allylic oxidation sites excluding steroid dienone is 2. The van der Waals surface area contributed by atoms with Gasteiger partial charge in [-0.25, -0.2) is 0 Å². The molecule has 6 N–H and O–H groups in total. The van der Waals surface area contributed by atoms with E-state index in [2.05, 4.69) is 15.3 Å². The van der Waals surface area contributed by atoms with Gasteiger partial charge in [-0.05, 0) is 37.6 Å². The van der Waals surface area contributed by atoms with Crippen molar-refractivity contribution < 1.29 is 63.6 Å². The Kier molecular flexibility index (Phi) is 15.6. The monoisotopic (exact) mass is 928 g/mol. The zero-order chi connectivity index (χ0) is 49.1. The van der Waals surface area contributed by atoms with Crippen LogP contribution in [0.5, 0.6) is 28.7 Å². The maximum Gasteiger partial charge on any atom is 0.312 e. The quantitative estimate of drug-likeness (QED) is 0.0700. The standard InChI is InChI=1S/C50H64N4O13/c1-26-13-11-14-27(2)49(62)52-40-35(24-51-54-20-18-53(19-21-54)25-33-15-12-16-34(23-33)63-9)44(59)37-38(45(40)60)43(58)31(6)47-39(37)48(61)50(8,67-47)65-22-17-36(64-10)28(3)46(66-32(7)55)30(5)42(57)29(4)41(26)56/h11-17,22-24,26,28-30,36,41-42,46,56-60H,18-21,25H2,1-10H3,(H,52,62)/t26-,28-,29+,30+,36-,41+,42+,46-,50-/m0/s1. The Balaban J connectivity index is 1.44. The molecular formula is C50H64N4O13. The fourth-order valence-electron chi connectivity index (χ4n) is 9.05.